The minimum atomic E-state index is 0.700. The second-order valence-electron chi connectivity index (χ2n) is 15.3. The van der Waals surface area contributed by atoms with Crippen molar-refractivity contribution in [2.75, 3.05) is 0 Å². The van der Waals surface area contributed by atoms with E-state index in [1.807, 2.05) is 22.7 Å². The van der Waals surface area contributed by atoms with Crippen molar-refractivity contribution < 1.29 is 0 Å². The number of fused-ring (bicyclic) bond motifs is 7. The Balaban J connectivity index is 1.10. The molecule has 12 rings (SSSR count). The standard InChI is InChI=1S/C56H34N2S2/c1-2-12-35(13-3-1)37-24-27-38(28-25-37)50-34-51(58-56(57-50)40-29-26-36-14-4-5-15-39(36)30-40)43-32-41(44-18-10-20-48-46-16-6-8-22-52(46)59-54(44)48)31-42(33-43)45-19-11-21-49-47-17-7-9-23-53(47)60-55(45)49/h1-34H. The summed E-state index contributed by atoms with van der Waals surface area (Å²) in [4.78, 5) is 10.7. The topological polar surface area (TPSA) is 25.8 Å². The molecular weight excluding hydrogens is 765 g/mol. The van der Waals surface area contributed by atoms with Gasteiger partial charge >= 0.3 is 0 Å². The summed E-state index contributed by atoms with van der Waals surface area (Å²) in [5.41, 5.74) is 12.0. The lowest BCUT2D eigenvalue weighted by atomic mass is 9.93. The van der Waals surface area contributed by atoms with Gasteiger partial charge < -0.3 is 0 Å². The first kappa shape index (κ1) is 34.8. The molecule has 0 amide bonds. The third kappa shape index (κ3) is 6.00. The van der Waals surface area contributed by atoms with Crippen molar-refractivity contribution in [1.29, 1.82) is 0 Å². The van der Waals surface area contributed by atoms with Crippen LogP contribution in [0.15, 0.2) is 206 Å². The van der Waals surface area contributed by atoms with Crippen molar-refractivity contribution in [2.24, 2.45) is 0 Å². The van der Waals surface area contributed by atoms with Crippen LogP contribution in [0.5, 0.6) is 0 Å². The fraction of sp³-hybridized carbons (Fsp3) is 0. The highest BCUT2D eigenvalue weighted by atomic mass is 32.1. The summed E-state index contributed by atoms with van der Waals surface area (Å²) in [7, 11) is 0. The maximum atomic E-state index is 5.43. The summed E-state index contributed by atoms with van der Waals surface area (Å²) in [6, 6.07) is 74.5. The van der Waals surface area contributed by atoms with E-state index in [0.29, 0.717) is 5.82 Å². The average Bonchev–Trinajstić information content (AvgIpc) is 3.90. The Morgan fingerprint density at radius 3 is 1.42 bits per heavy atom. The zero-order chi connectivity index (χ0) is 39.6. The summed E-state index contributed by atoms with van der Waals surface area (Å²) < 4.78 is 5.18. The van der Waals surface area contributed by atoms with Crippen molar-refractivity contribution >= 4 is 73.8 Å². The van der Waals surface area contributed by atoms with Crippen LogP contribution >= 0.6 is 22.7 Å². The van der Waals surface area contributed by atoms with Crippen LogP contribution in [0.4, 0.5) is 0 Å². The average molecular weight is 799 g/mol. The van der Waals surface area contributed by atoms with Crippen molar-refractivity contribution in [3.05, 3.63) is 206 Å². The van der Waals surface area contributed by atoms with E-state index in [4.69, 9.17) is 9.97 Å². The van der Waals surface area contributed by atoms with Gasteiger partial charge in [0.2, 0.25) is 0 Å². The largest absolute Gasteiger partial charge is 0.228 e. The minimum absolute atomic E-state index is 0.700. The van der Waals surface area contributed by atoms with E-state index >= 15 is 0 Å². The Hall–Kier alpha value is -7.24. The van der Waals surface area contributed by atoms with E-state index in [9.17, 15) is 0 Å². The molecule has 0 aliphatic heterocycles. The number of nitrogens with zero attached hydrogens (tertiary/aromatic N) is 2. The first-order valence-corrected chi connectivity index (χ1v) is 21.8. The van der Waals surface area contributed by atoms with Gasteiger partial charge in [-0.05, 0) is 86.6 Å². The van der Waals surface area contributed by atoms with Gasteiger partial charge in [-0.25, -0.2) is 9.97 Å². The van der Waals surface area contributed by atoms with E-state index in [0.717, 1.165) is 44.6 Å². The summed E-state index contributed by atoms with van der Waals surface area (Å²) in [6.07, 6.45) is 0. The molecule has 0 unspecified atom stereocenters. The van der Waals surface area contributed by atoms with Gasteiger partial charge in [0.25, 0.3) is 0 Å². The highest BCUT2D eigenvalue weighted by Crippen LogP contribution is 2.45. The fourth-order valence-corrected chi connectivity index (χ4v) is 11.2. The number of hydrogen-bond donors (Lipinski definition) is 0. The number of rotatable bonds is 6. The zero-order valence-corrected chi connectivity index (χ0v) is 34.0. The summed E-state index contributed by atoms with van der Waals surface area (Å²) in [5.74, 6) is 0.700. The Morgan fingerprint density at radius 2 is 0.767 bits per heavy atom. The van der Waals surface area contributed by atoms with Crippen molar-refractivity contribution in [1.82, 2.24) is 9.97 Å². The number of benzene rings is 9. The van der Waals surface area contributed by atoms with Crippen LogP contribution in [0.2, 0.25) is 0 Å². The Labute approximate surface area is 355 Å². The minimum Gasteiger partial charge on any atom is -0.228 e. The molecule has 0 aliphatic carbocycles. The Kier molecular flexibility index (Phi) is 8.25. The van der Waals surface area contributed by atoms with Crippen LogP contribution in [0.25, 0.3) is 118 Å². The zero-order valence-electron chi connectivity index (χ0n) is 32.3. The van der Waals surface area contributed by atoms with Crippen LogP contribution in [-0.2, 0) is 0 Å². The Bertz CT molecular complexity index is 3470. The molecule has 0 N–H and O–H groups in total. The molecule has 0 saturated carbocycles. The quantitative estimate of drug-likeness (QED) is 0.167. The van der Waals surface area contributed by atoms with Gasteiger partial charge in [-0.1, -0.05) is 164 Å². The molecule has 60 heavy (non-hydrogen) atoms. The van der Waals surface area contributed by atoms with E-state index in [-0.39, 0.29) is 0 Å². The molecule has 2 nitrogen and oxygen atoms in total. The molecule has 0 atom stereocenters. The molecular formula is C56H34N2S2. The predicted molar refractivity (Wildman–Crippen MR) is 258 cm³/mol. The molecule has 12 aromatic rings. The Morgan fingerprint density at radius 1 is 0.283 bits per heavy atom. The van der Waals surface area contributed by atoms with Gasteiger partial charge in [0, 0.05) is 57.0 Å². The lowest BCUT2D eigenvalue weighted by Crippen LogP contribution is -1.97. The van der Waals surface area contributed by atoms with Crippen LogP contribution in [0.3, 0.4) is 0 Å². The number of aromatic nitrogens is 2. The second-order valence-corrected chi connectivity index (χ2v) is 17.4. The molecule has 0 aliphatic rings. The summed E-state index contributed by atoms with van der Waals surface area (Å²) >= 11 is 3.74. The lowest BCUT2D eigenvalue weighted by molar-refractivity contribution is 1.18. The molecule has 0 fully saturated rings. The highest BCUT2D eigenvalue weighted by Gasteiger charge is 2.18. The summed E-state index contributed by atoms with van der Waals surface area (Å²) in [6.45, 7) is 0. The SMILES string of the molecule is c1ccc(-c2ccc(-c3cc(-c4cc(-c5cccc6c5sc5ccccc56)cc(-c5cccc6c5sc5ccccc56)c4)nc(-c4ccc5ccccc5c4)n3)cc2)cc1. The van der Waals surface area contributed by atoms with E-state index in [1.54, 1.807) is 0 Å². The third-order valence-electron chi connectivity index (χ3n) is 11.7. The molecule has 9 aromatic carbocycles. The van der Waals surface area contributed by atoms with E-state index in [1.165, 1.54) is 68.0 Å². The normalized spacial score (nSPS) is 11.7. The number of hydrogen-bond acceptors (Lipinski definition) is 4. The molecule has 0 radical (unpaired) electrons. The monoisotopic (exact) mass is 798 g/mol. The van der Waals surface area contributed by atoms with Crippen LogP contribution in [0.1, 0.15) is 0 Å². The van der Waals surface area contributed by atoms with Gasteiger partial charge in [0.1, 0.15) is 0 Å². The maximum absolute atomic E-state index is 5.43. The summed E-state index contributed by atoms with van der Waals surface area (Å²) in [5, 5.41) is 7.52. The van der Waals surface area contributed by atoms with Crippen molar-refractivity contribution in [2.45, 2.75) is 0 Å². The second kappa shape index (κ2) is 14.2. The molecule has 3 aromatic heterocycles. The van der Waals surface area contributed by atoms with Crippen molar-refractivity contribution in [3.8, 4) is 67.3 Å². The molecule has 280 valence electrons. The third-order valence-corrected chi connectivity index (χ3v) is 14.1. The smallest absolute Gasteiger partial charge is 0.160 e. The van der Waals surface area contributed by atoms with Gasteiger partial charge in [-0.3, -0.25) is 0 Å². The van der Waals surface area contributed by atoms with Gasteiger partial charge in [0.05, 0.1) is 11.4 Å². The van der Waals surface area contributed by atoms with Gasteiger partial charge in [-0.2, -0.15) is 0 Å². The van der Waals surface area contributed by atoms with E-state index in [2.05, 4.69) is 206 Å². The molecule has 0 bridgehead atoms. The highest BCUT2D eigenvalue weighted by molar-refractivity contribution is 7.26. The fourth-order valence-electron chi connectivity index (χ4n) is 8.70. The lowest BCUT2D eigenvalue weighted by Gasteiger charge is -2.14. The molecule has 3 heterocycles. The van der Waals surface area contributed by atoms with Crippen molar-refractivity contribution in [3.63, 3.8) is 0 Å². The molecule has 4 heteroatoms. The van der Waals surface area contributed by atoms with Crippen LogP contribution in [-0.4, -0.2) is 9.97 Å². The van der Waals surface area contributed by atoms with Crippen LogP contribution < -0.4 is 0 Å². The molecule has 0 spiro atoms. The maximum Gasteiger partial charge on any atom is 0.160 e. The van der Waals surface area contributed by atoms with Crippen LogP contribution in [0, 0.1) is 0 Å². The first-order valence-electron chi connectivity index (χ1n) is 20.2. The number of thiophene rings is 2. The van der Waals surface area contributed by atoms with Gasteiger partial charge in [-0.15, -0.1) is 22.7 Å². The van der Waals surface area contributed by atoms with Gasteiger partial charge in [0.15, 0.2) is 5.82 Å². The predicted octanol–water partition coefficient (Wildman–Crippen LogP) is 16.4. The molecule has 0 saturated heterocycles. The first-order chi connectivity index (χ1) is 29.7. The van der Waals surface area contributed by atoms with E-state index < -0.39 is 0 Å².